The van der Waals surface area contributed by atoms with Crippen molar-refractivity contribution in [2.75, 3.05) is 6.54 Å². The molecule has 2 aromatic rings. The molecule has 0 saturated carbocycles. The number of nitro groups is 1. The number of hydrogen-bond acceptors (Lipinski definition) is 5. The Morgan fingerprint density at radius 3 is 2.04 bits per heavy atom. The van der Waals surface area contributed by atoms with Gasteiger partial charge in [0.15, 0.2) is 0 Å². The molecular formula is C19H20N4O5. The van der Waals surface area contributed by atoms with Crippen LogP contribution in [0.25, 0.3) is 0 Å². The Hall–Kier alpha value is -3.75. The number of carbonyl (C=O) groups excluding carboxylic acids is 3. The van der Waals surface area contributed by atoms with E-state index in [9.17, 15) is 24.5 Å². The van der Waals surface area contributed by atoms with E-state index in [1.807, 2.05) is 19.1 Å². The molecule has 3 amide bonds. The van der Waals surface area contributed by atoms with Crippen molar-refractivity contribution < 1.29 is 19.3 Å². The third-order valence-electron chi connectivity index (χ3n) is 3.92. The Kier molecular flexibility index (Phi) is 7.21. The summed E-state index contributed by atoms with van der Waals surface area (Å²) < 4.78 is 0. The summed E-state index contributed by atoms with van der Waals surface area (Å²) in [6, 6.07) is 12.1. The van der Waals surface area contributed by atoms with E-state index in [0.29, 0.717) is 5.56 Å². The van der Waals surface area contributed by atoms with E-state index in [1.54, 1.807) is 12.1 Å². The number of nitro benzene ring substituents is 1. The van der Waals surface area contributed by atoms with Crippen molar-refractivity contribution in [1.29, 1.82) is 0 Å². The fraction of sp³-hybridized carbons (Fsp3) is 0.211. The van der Waals surface area contributed by atoms with Crippen molar-refractivity contribution in [1.82, 2.24) is 16.2 Å². The molecule has 0 spiro atoms. The van der Waals surface area contributed by atoms with Crippen LogP contribution in [-0.2, 0) is 11.2 Å². The molecule has 3 N–H and O–H groups in total. The highest BCUT2D eigenvalue weighted by Gasteiger charge is 2.11. The van der Waals surface area contributed by atoms with Crippen LogP contribution in [-0.4, -0.2) is 29.2 Å². The van der Waals surface area contributed by atoms with Crippen LogP contribution in [0, 0.1) is 10.1 Å². The molecule has 0 saturated heterocycles. The van der Waals surface area contributed by atoms with Gasteiger partial charge >= 0.3 is 0 Å². The predicted molar refractivity (Wildman–Crippen MR) is 101 cm³/mol. The maximum Gasteiger partial charge on any atom is 0.269 e. The Morgan fingerprint density at radius 2 is 1.46 bits per heavy atom. The van der Waals surface area contributed by atoms with Crippen molar-refractivity contribution in [3.8, 4) is 0 Å². The van der Waals surface area contributed by atoms with Gasteiger partial charge in [0.2, 0.25) is 5.91 Å². The van der Waals surface area contributed by atoms with E-state index >= 15 is 0 Å². The summed E-state index contributed by atoms with van der Waals surface area (Å²) in [4.78, 5) is 45.7. The summed E-state index contributed by atoms with van der Waals surface area (Å²) in [5.41, 5.74) is 6.24. The average molecular weight is 384 g/mol. The van der Waals surface area contributed by atoms with Crippen LogP contribution in [0.4, 0.5) is 5.69 Å². The average Bonchev–Trinajstić information content (AvgIpc) is 2.72. The van der Waals surface area contributed by atoms with Gasteiger partial charge in [0, 0.05) is 36.2 Å². The molecule has 0 heterocycles. The van der Waals surface area contributed by atoms with E-state index in [0.717, 1.165) is 12.0 Å². The number of hydrogen-bond donors (Lipinski definition) is 3. The van der Waals surface area contributed by atoms with Crippen molar-refractivity contribution in [3.63, 3.8) is 0 Å². The Balaban J connectivity index is 1.72. The monoisotopic (exact) mass is 384 g/mol. The molecule has 9 heteroatoms. The number of non-ortho nitro benzene ring substituents is 1. The lowest BCUT2D eigenvalue weighted by molar-refractivity contribution is -0.384. The minimum absolute atomic E-state index is 0.0444. The van der Waals surface area contributed by atoms with E-state index in [-0.39, 0.29) is 24.2 Å². The minimum Gasteiger partial charge on any atom is -0.352 e. The van der Waals surface area contributed by atoms with E-state index in [4.69, 9.17) is 0 Å². The third kappa shape index (κ3) is 5.90. The van der Waals surface area contributed by atoms with Gasteiger partial charge in [-0.05, 0) is 36.2 Å². The topological polar surface area (TPSA) is 130 Å². The van der Waals surface area contributed by atoms with E-state index < -0.39 is 22.6 Å². The van der Waals surface area contributed by atoms with Gasteiger partial charge in [0.05, 0.1) is 4.92 Å². The molecule has 28 heavy (non-hydrogen) atoms. The number of aryl methyl sites for hydroxylation is 1. The van der Waals surface area contributed by atoms with Gasteiger partial charge < -0.3 is 5.32 Å². The molecule has 2 rings (SSSR count). The van der Waals surface area contributed by atoms with Crippen molar-refractivity contribution in [3.05, 3.63) is 75.3 Å². The number of hydrazine groups is 1. The Bertz CT molecular complexity index is 863. The number of benzene rings is 2. The first kappa shape index (κ1) is 20.6. The highest BCUT2D eigenvalue weighted by molar-refractivity contribution is 5.96. The van der Waals surface area contributed by atoms with Gasteiger partial charge in [-0.3, -0.25) is 35.3 Å². The fourth-order valence-electron chi connectivity index (χ4n) is 2.28. The van der Waals surface area contributed by atoms with Gasteiger partial charge in [0.1, 0.15) is 0 Å². The summed E-state index contributed by atoms with van der Waals surface area (Å²) in [7, 11) is 0. The molecule has 0 unspecified atom stereocenters. The second-order valence-electron chi connectivity index (χ2n) is 5.86. The molecule has 0 fully saturated rings. The molecule has 146 valence electrons. The molecule has 0 aliphatic heterocycles. The highest BCUT2D eigenvalue weighted by atomic mass is 16.6. The van der Waals surface area contributed by atoms with Gasteiger partial charge in [-0.2, -0.15) is 0 Å². The van der Waals surface area contributed by atoms with Crippen molar-refractivity contribution >= 4 is 23.4 Å². The maximum absolute atomic E-state index is 11.9. The van der Waals surface area contributed by atoms with E-state index in [2.05, 4.69) is 16.2 Å². The molecule has 2 aromatic carbocycles. The van der Waals surface area contributed by atoms with Crippen LogP contribution in [0.2, 0.25) is 0 Å². The Morgan fingerprint density at radius 1 is 0.893 bits per heavy atom. The van der Waals surface area contributed by atoms with Crippen molar-refractivity contribution in [2.24, 2.45) is 0 Å². The van der Waals surface area contributed by atoms with Crippen LogP contribution < -0.4 is 16.2 Å². The summed E-state index contributed by atoms with van der Waals surface area (Å²) in [6.45, 7) is 2.05. The molecule has 0 radical (unpaired) electrons. The first-order valence-corrected chi connectivity index (χ1v) is 8.61. The van der Waals surface area contributed by atoms with Gasteiger partial charge in [-0.1, -0.05) is 19.1 Å². The van der Waals surface area contributed by atoms with Crippen LogP contribution in [0.1, 0.15) is 39.6 Å². The second kappa shape index (κ2) is 9.81. The summed E-state index contributed by atoms with van der Waals surface area (Å²) >= 11 is 0. The minimum atomic E-state index is -0.557. The fourth-order valence-corrected chi connectivity index (χ4v) is 2.28. The third-order valence-corrected chi connectivity index (χ3v) is 3.92. The summed E-state index contributed by atoms with van der Waals surface area (Å²) in [6.07, 6.45) is 0.817. The maximum atomic E-state index is 11.9. The largest absolute Gasteiger partial charge is 0.352 e. The number of nitrogens with zero attached hydrogens (tertiary/aromatic N) is 1. The summed E-state index contributed by atoms with van der Waals surface area (Å²) in [5, 5.41) is 13.1. The zero-order chi connectivity index (χ0) is 20.5. The van der Waals surface area contributed by atoms with Crippen LogP contribution in [0.5, 0.6) is 0 Å². The second-order valence-corrected chi connectivity index (χ2v) is 5.86. The van der Waals surface area contributed by atoms with Crippen molar-refractivity contribution in [2.45, 2.75) is 19.8 Å². The number of amides is 3. The molecule has 0 atom stereocenters. The molecule has 0 aromatic heterocycles. The van der Waals surface area contributed by atoms with E-state index in [1.165, 1.54) is 24.3 Å². The number of rotatable bonds is 7. The molecular weight excluding hydrogens is 364 g/mol. The molecule has 9 nitrogen and oxygen atoms in total. The lowest BCUT2D eigenvalue weighted by atomic mass is 10.1. The van der Waals surface area contributed by atoms with Crippen LogP contribution in [0.15, 0.2) is 48.5 Å². The Labute approximate surface area is 161 Å². The quantitative estimate of drug-likeness (QED) is 0.494. The zero-order valence-corrected chi connectivity index (χ0v) is 15.2. The van der Waals surface area contributed by atoms with Crippen LogP contribution >= 0.6 is 0 Å². The first-order chi connectivity index (χ1) is 13.4. The highest BCUT2D eigenvalue weighted by Crippen LogP contribution is 2.11. The summed E-state index contributed by atoms with van der Waals surface area (Å²) in [5.74, 6) is -1.36. The van der Waals surface area contributed by atoms with Gasteiger partial charge in [-0.15, -0.1) is 0 Å². The predicted octanol–water partition coefficient (Wildman–Crippen LogP) is 1.74. The van der Waals surface area contributed by atoms with Gasteiger partial charge in [-0.25, -0.2) is 0 Å². The normalized spacial score (nSPS) is 10.0. The lowest BCUT2D eigenvalue weighted by Gasteiger charge is -2.08. The standard InChI is InChI=1S/C19H20N4O5/c1-2-13-3-5-15(6-4-13)19(26)22-21-17(24)11-12-20-18(25)14-7-9-16(10-8-14)23(27)28/h3-10H,2,11-12H2,1H3,(H,20,25)(H,21,24)(H,22,26). The molecule has 0 aliphatic carbocycles. The molecule has 0 bridgehead atoms. The number of carbonyl (C=O) groups is 3. The first-order valence-electron chi connectivity index (χ1n) is 8.61. The lowest BCUT2D eigenvalue weighted by Crippen LogP contribution is -2.42. The van der Waals surface area contributed by atoms with Crippen LogP contribution in [0.3, 0.4) is 0 Å². The smallest absolute Gasteiger partial charge is 0.269 e. The number of nitrogens with one attached hydrogen (secondary N) is 3. The van der Waals surface area contributed by atoms with Gasteiger partial charge in [0.25, 0.3) is 17.5 Å². The SMILES string of the molecule is CCc1ccc(C(=O)NNC(=O)CCNC(=O)c2ccc([N+](=O)[O-])cc2)cc1. The zero-order valence-electron chi connectivity index (χ0n) is 15.2. The molecule has 0 aliphatic rings.